The summed E-state index contributed by atoms with van der Waals surface area (Å²) in [5.74, 6) is 0.332. The van der Waals surface area contributed by atoms with Crippen molar-refractivity contribution >= 4 is 40.5 Å². The van der Waals surface area contributed by atoms with Crippen LogP contribution >= 0.6 is 23.2 Å². The molecule has 5 heteroatoms. The summed E-state index contributed by atoms with van der Waals surface area (Å²) in [6, 6.07) is 22.9. The zero-order valence-corrected chi connectivity index (χ0v) is 18.3. The van der Waals surface area contributed by atoms with Crippen LogP contribution < -0.4 is 10.2 Å². The SMILES string of the molecule is CC(C)c1ccc([C@@H]2C=C(Nc3cccc(Cl)c3)C(=O)N2c2cccc(Cl)c2)cc1. The van der Waals surface area contributed by atoms with Crippen molar-refractivity contribution in [1.29, 1.82) is 0 Å². The van der Waals surface area contributed by atoms with Gasteiger partial charge < -0.3 is 5.32 Å². The Kier molecular flexibility index (Phi) is 5.85. The molecule has 1 aliphatic rings. The maximum atomic E-state index is 13.4. The summed E-state index contributed by atoms with van der Waals surface area (Å²) in [5, 5.41) is 4.43. The van der Waals surface area contributed by atoms with Crippen LogP contribution in [0.15, 0.2) is 84.6 Å². The van der Waals surface area contributed by atoms with Crippen LogP contribution in [-0.2, 0) is 4.79 Å². The summed E-state index contributed by atoms with van der Waals surface area (Å²) in [6.45, 7) is 4.33. The van der Waals surface area contributed by atoms with Crippen LogP contribution in [-0.4, -0.2) is 5.91 Å². The average Bonchev–Trinajstić information content (AvgIpc) is 3.04. The van der Waals surface area contributed by atoms with E-state index in [2.05, 4.69) is 43.4 Å². The number of carbonyl (C=O) groups excluding carboxylic acids is 1. The molecule has 3 aromatic carbocycles. The van der Waals surface area contributed by atoms with Crippen molar-refractivity contribution in [3.8, 4) is 0 Å². The Labute approximate surface area is 186 Å². The van der Waals surface area contributed by atoms with Gasteiger partial charge in [0.1, 0.15) is 5.70 Å². The molecule has 30 heavy (non-hydrogen) atoms. The third-order valence-electron chi connectivity index (χ3n) is 5.19. The summed E-state index contributed by atoms with van der Waals surface area (Å²) in [6.07, 6.45) is 1.95. The van der Waals surface area contributed by atoms with E-state index >= 15 is 0 Å². The first-order valence-electron chi connectivity index (χ1n) is 9.86. The number of amides is 1. The number of hydrogen-bond acceptors (Lipinski definition) is 2. The lowest BCUT2D eigenvalue weighted by Gasteiger charge is -2.25. The highest BCUT2D eigenvalue weighted by molar-refractivity contribution is 6.31. The lowest BCUT2D eigenvalue weighted by atomic mass is 9.99. The highest BCUT2D eigenvalue weighted by Gasteiger charge is 2.35. The fourth-order valence-electron chi connectivity index (χ4n) is 3.60. The second-order valence-corrected chi connectivity index (χ2v) is 8.51. The second-order valence-electron chi connectivity index (χ2n) is 7.64. The van der Waals surface area contributed by atoms with Crippen molar-refractivity contribution in [2.24, 2.45) is 0 Å². The summed E-state index contributed by atoms with van der Waals surface area (Å²) in [7, 11) is 0. The molecule has 0 saturated carbocycles. The van der Waals surface area contributed by atoms with Gasteiger partial charge in [-0.25, -0.2) is 0 Å². The van der Waals surface area contributed by atoms with Gasteiger partial charge in [-0.05, 0) is 59.5 Å². The van der Waals surface area contributed by atoms with Crippen LogP contribution in [0.1, 0.15) is 36.9 Å². The average molecular weight is 437 g/mol. The molecule has 3 nitrogen and oxygen atoms in total. The van der Waals surface area contributed by atoms with E-state index < -0.39 is 0 Å². The molecule has 1 amide bonds. The Morgan fingerprint density at radius 1 is 0.900 bits per heavy atom. The van der Waals surface area contributed by atoms with Crippen LogP contribution in [0.5, 0.6) is 0 Å². The summed E-state index contributed by atoms with van der Waals surface area (Å²) in [4.78, 5) is 15.2. The van der Waals surface area contributed by atoms with Crippen molar-refractivity contribution in [2.75, 3.05) is 10.2 Å². The molecule has 0 saturated heterocycles. The van der Waals surface area contributed by atoms with E-state index in [4.69, 9.17) is 23.2 Å². The molecule has 1 N–H and O–H groups in total. The molecule has 152 valence electrons. The van der Waals surface area contributed by atoms with E-state index in [1.807, 2.05) is 36.4 Å². The van der Waals surface area contributed by atoms with Gasteiger partial charge in [0.25, 0.3) is 5.91 Å². The van der Waals surface area contributed by atoms with Crippen molar-refractivity contribution < 1.29 is 4.79 Å². The topological polar surface area (TPSA) is 32.3 Å². The Hall–Kier alpha value is -2.75. The standard InChI is InChI=1S/C25H22Cl2N2O/c1-16(2)17-9-11-18(12-10-17)24-15-23(28-21-7-3-5-19(26)13-21)25(30)29(24)22-8-4-6-20(27)14-22/h3-16,24,28H,1-2H3/t24-/m0/s1. The summed E-state index contributed by atoms with van der Waals surface area (Å²) in [5.41, 5.74) is 4.33. The Morgan fingerprint density at radius 2 is 1.57 bits per heavy atom. The zero-order chi connectivity index (χ0) is 21.3. The van der Waals surface area contributed by atoms with Gasteiger partial charge in [0.15, 0.2) is 0 Å². The first kappa shape index (κ1) is 20.5. The summed E-state index contributed by atoms with van der Waals surface area (Å²) < 4.78 is 0. The van der Waals surface area contributed by atoms with Gasteiger partial charge in [-0.1, -0.05) is 73.4 Å². The number of benzene rings is 3. The van der Waals surface area contributed by atoms with E-state index in [1.165, 1.54) is 5.56 Å². The molecule has 3 aromatic rings. The molecule has 1 aliphatic heterocycles. The Bertz CT molecular complexity index is 1110. The molecule has 1 heterocycles. The van der Waals surface area contributed by atoms with Crippen LogP contribution in [0.3, 0.4) is 0 Å². The number of hydrogen-bond donors (Lipinski definition) is 1. The lowest BCUT2D eigenvalue weighted by Crippen LogP contribution is -2.30. The lowest BCUT2D eigenvalue weighted by molar-refractivity contribution is -0.114. The number of carbonyl (C=O) groups is 1. The molecular formula is C25H22Cl2N2O. The van der Waals surface area contributed by atoms with E-state index in [0.717, 1.165) is 16.9 Å². The second kappa shape index (κ2) is 8.55. The monoisotopic (exact) mass is 436 g/mol. The van der Waals surface area contributed by atoms with Crippen LogP contribution in [0.2, 0.25) is 10.0 Å². The van der Waals surface area contributed by atoms with Crippen molar-refractivity contribution in [2.45, 2.75) is 25.8 Å². The Morgan fingerprint density at radius 3 is 2.20 bits per heavy atom. The Balaban J connectivity index is 1.73. The van der Waals surface area contributed by atoms with Crippen LogP contribution in [0, 0.1) is 0 Å². The van der Waals surface area contributed by atoms with Gasteiger partial charge in [0.05, 0.1) is 6.04 Å². The number of anilines is 2. The van der Waals surface area contributed by atoms with Crippen molar-refractivity contribution in [1.82, 2.24) is 0 Å². The van der Waals surface area contributed by atoms with Crippen LogP contribution in [0.4, 0.5) is 11.4 Å². The molecule has 0 radical (unpaired) electrons. The molecule has 1 atom stereocenters. The summed E-state index contributed by atoms with van der Waals surface area (Å²) >= 11 is 12.3. The zero-order valence-electron chi connectivity index (χ0n) is 16.8. The number of halogens is 2. The number of rotatable bonds is 5. The van der Waals surface area contributed by atoms with Gasteiger partial charge in [-0.2, -0.15) is 0 Å². The molecule has 4 rings (SSSR count). The minimum absolute atomic E-state index is 0.116. The number of nitrogens with one attached hydrogen (secondary N) is 1. The minimum atomic E-state index is -0.237. The highest BCUT2D eigenvalue weighted by atomic mass is 35.5. The molecule has 0 spiro atoms. The predicted octanol–water partition coefficient (Wildman–Crippen LogP) is 7.20. The van der Waals surface area contributed by atoms with E-state index in [0.29, 0.717) is 21.7 Å². The fraction of sp³-hybridized carbons (Fsp3) is 0.160. The highest BCUT2D eigenvalue weighted by Crippen LogP contribution is 2.37. The van der Waals surface area contributed by atoms with Crippen LogP contribution in [0.25, 0.3) is 0 Å². The minimum Gasteiger partial charge on any atom is -0.351 e. The first-order chi connectivity index (χ1) is 14.4. The van der Waals surface area contributed by atoms with Gasteiger partial charge in [-0.3, -0.25) is 9.69 Å². The fourth-order valence-corrected chi connectivity index (χ4v) is 3.98. The van der Waals surface area contributed by atoms with E-state index in [-0.39, 0.29) is 11.9 Å². The maximum absolute atomic E-state index is 13.4. The number of nitrogens with zero attached hydrogens (tertiary/aromatic N) is 1. The smallest absolute Gasteiger partial charge is 0.275 e. The largest absolute Gasteiger partial charge is 0.351 e. The molecule has 0 unspecified atom stereocenters. The molecule has 0 aromatic heterocycles. The molecule has 0 aliphatic carbocycles. The van der Waals surface area contributed by atoms with Gasteiger partial charge in [-0.15, -0.1) is 0 Å². The third-order valence-corrected chi connectivity index (χ3v) is 5.66. The van der Waals surface area contributed by atoms with Crippen molar-refractivity contribution in [3.05, 3.63) is 106 Å². The maximum Gasteiger partial charge on any atom is 0.275 e. The van der Waals surface area contributed by atoms with Gasteiger partial charge in [0, 0.05) is 21.4 Å². The molecule has 0 bridgehead atoms. The quantitative estimate of drug-likeness (QED) is 0.458. The first-order valence-corrected chi connectivity index (χ1v) is 10.6. The van der Waals surface area contributed by atoms with Gasteiger partial charge in [0.2, 0.25) is 0 Å². The molecule has 0 fully saturated rings. The van der Waals surface area contributed by atoms with Crippen molar-refractivity contribution in [3.63, 3.8) is 0 Å². The molecular weight excluding hydrogens is 415 g/mol. The van der Waals surface area contributed by atoms with E-state index in [1.54, 1.807) is 23.1 Å². The predicted molar refractivity (Wildman–Crippen MR) is 125 cm³/mol. The normalized spacial score (nSPS) is 16.2. The van der Waals surface area contributed by atoms with E-state index in [9.17, 15) is 4.79 Å². The third kappa shape index (κ3) is 4.23. The van der Waals surface area contributed by atoms with Gasteiger partial charge >= 0.3 is 0 Å².